The molecule has 1 aliphatic rings. The summed E-state index contributed by atoms with van der Waals surface area (Å²) in [4.78, 5) is 4.69. The maximum absolute atomic E-state index is 4.69. The van der Waals surface area contributed by atoms with Gasteiger partial charge in [-0.05, 0) is 37.1 Å². The van der Waals surface area contributed by atoms with Crippen LogP contribution in [0.25, 0.3) is 11.0 Å². The maximum atomic E-state index is 4.69. The van der Waals surface area contributed by atoms with Crippen molar-refractivity contribution in [3.63, 3.8) is 0 Å². The van der Waals surface area contributed by atoms with E-state index in [9.17, 15) is 0 Å². The monoisotopic (exact) mass is 275 g/mol. The lowest BCUT2D eigenvalue weighted by Crippen LogP contribution is -2.18. The summed E-state index contributed by atoms with van der Waals surface area (Å²) in [6, 6.07) is 8.89. The highest BCUT2D eigenvalue weighted by atomic mass is 32.2. The predicted octanol–water partition coefficient (Wildman–Crippen LogP) is 3.66. The molecule has 1 aliphatic carbocycles. The van der Waals surface area contributed by atoms with Gasteiger partial charge in [0, 0.05) is 18.3 Å². The van der Waals surface area contributed by atoms with Crippen LogP contribution in [0.1, 0.15) is 26.2 Å². The molecule has 0 radical (unpaired) electrons. The molecule has 3 rings (SSSR count). The Morgan fingerprint density at radius 2 is 2.21 bits per heavy atom. The van der Waals surface area contributed by atoms with E-state index in [0.29, 0.717) is 6.04 Å². The molecule has 2 aromatic rings. The topological polar surface area (TPSA) is 29.9 Å². The van der Waals surface area contributed by atoms with Crippen molar-refractivity contribution in [2.24, 2.45) is 7.05 Å². The molecule has 0 spiro atoms. The van der Waals surface area contributed by atoms with Crippen molar-refractivity contribution in [1.82, 2.24) is 9.55 Å². The van der Waals surface area contributed by atoms with Crippen LogP contribution in [-0.2, 0) is 7.05 Å². The lowest BCUT2D eigenvalue weighted by molar-refractivity contribution is 0.736. The zero-order valence-corrected chi connectivity index (χ0v) is 12.4. The molecular formula is C15H21N3S. The SMILES string of the molecule is CCSC1CCC(Nc2nc3ccccc3n2C)C1. The second-order valence-corrected chi connectivity index (χ2v) is 6.79. The van der Waals surface area contributed by atoms with E-state index < -0.39 is 0 Å². The summed E-state index contributed by atoms with van der Waals surface area (Å²) in [5.74, 6) is 2.23. The number of anilines is 1. The van der Waals surface area contributed by atoms with Crippen LogP contribution in [0.3, 0.4) is 0 Å². The van der Waals surface area contributed by atoms with Crippen LogP contribution in [0.2, 0.25) is 0 Å². The van der Waals surface area contributed by atoms with Crippen molar-refractivity contribution in [2.45, 2.75) is 37.5 Å². The van der Waals surface area contributed by atoms with Crippen LogP contribution in [-0.4, -0.2) is 26.6 Å². The van der Waals surface area contributed by atoms with Crippen LogP contribution in [0, 0.1) is 0 Å². The van der Waals surface area contributed by atoms with Crippen LogP contribution >= 0.6 is 11.8 Å². The molecule has 1 N–H and O–H groups in total. The van der Waals surface area contributed by atoms with E-state index in [2.05, 4.69) is 53.8 Å². The fraction of sp³-hybridized carbons (Fsp3) is 0.533. The minimum atomic E-state index is 0.583. The van der Waals surface area contributed by atoms with Crippen molar-refractivity contribution < 1.29 is 0 Å². The smallest absolute Gasteiger partial charge is 0.203 e. The number of hydrogen-bond acceptors (Lipinski definition) is 3. The molecule has 3 nitrogen and oxygen atoms in total. The number of benzene rings is 1. The minimum Gasteiger partial charge on any atom is -0.353 e. The number of aryl methyl sites for hydroxylation is 1. The summed E-state index contributed by atoms with van der Waals surface area (Å²) in [7, 11) is 2.09. The number of imidazole rings is 1. The van der Waals surface area contributed by atoms with Gasteiger partial charge in [-0.1, -0.05) is 19.1 Å². The molecular weight excluding hydrogens is 254 g/mol. The van der Waals surface area contributed by atoms with Crippen molar-refractivity contribution in [1.29, 1.82) is 0 Å². The molecule has 2 atom stereocenters. The quantitative estimate of drug-likeness (QED) is 0.923. The Kier molecular flexibility index (Phi) is 3.69. The van der Waals surface area contributed by atoms with Crippen LogP contribution in [0.5, 0.6) is 0 Å². The summed E-state index contributed by atoms with van der Waals surface area (Å²) in [5.41, 5.74) is 2.27. The first-order valence-corrected chi connectivity index (χ1v) is 8.12. The molecule has 1 heterocycles. The lowest BCUT2D eigenvalue weighted by atomic mass is 10.2. The Morgan fingerprint density at radius 3 is 3.00 bits per heavy atom. The second kappa shape index (κ2) is 5.45. The number of nitrogens with zero attached hydrogens (tertiary/aromatic N) is 2. The van der Waals surface area contributed by atoms with E-state index in [1.165, 1.54) is 30.5 Å². The molecule has 0 saturated heterocycles. The first-order valence-electron chi connectivity index (χ1n) is 7.07. The van der Waals surface area contributed by atoms with Gasteiger partial charge in [-0.15, -0.1) is 0 Å². The number of nitrogens with one attached hydrogen (secondary N) is 1. The van der Waals surface area contributed by atoms with Gasteiger partial charge in [-0.25, -0.2) is 4.98 Å². The molecule has 2 unspecified atom stereocenters. The van der Waals surface area contributed by atoms with Gasteiger partial charge < -0.3 is 9.88 Å². The number of para-hydroxylation sites is 2. The predicted molar refractivity (Wildman–Crippen MR) is 83.9 cm³/mol. The van der Waals surface area contributed by atoms with E-state index in [1.807, 2.05) is 6.07 Å². The second-order valence-electron chi connectivity index (χ2n) is 5.21. The van der Waals surface area contributed by atoms with Crippen LogP contribution in [0.4, 0.5) is 5.95 Å². The van der Waals surface area contributed by atoms with Gasteiger partial charge in [0.1, 0.15) is 0 Å². The van der Waals surface area contributed by atoms with Crippen LogP contribution < -0.4 is 5.32 Å². The summed E-state index contributed by atoms with van der Waals surface area (Å²) in [6.07, 6.45) is 3.86. The molecule has 0 bridgehead atoms. The average Bonchev–Trinajstić information content (AvgIpc) is 2.97. The molecule has 1 fully saturated rings. The summed E-state index contributed by atoms with van der Waals surface area (Å²) in [6.45, 7) is 2.25. The molecule has 0 aliphatic heterocycles. The molecule has 19 heavy (non-hydrogen) atoms. The zero-order valence-electron chi connectivity index (χ0n) is 11.6. The molecule has 1 aromatic carbocycles. The maximum Gasteiger partial charge on any atom is 0.203 e. The van der Waals surface area contributed by atoms with Gasteiger partial charge in [-0.3, -0.25) is 0 Å². The Balaban J connectivity index is 1.74. The summed E-state index contributed by atoms with van der Waals surface area (Å²) >= 11 is 2.10. The third-order valence-corrected chi connectivity index (χ3v) is 5.14. The average molecular weight is 275 g/mol. The Bertz CT molecular complexity index is 564. The lowest BCUT2D eigenvalue weighted by Gasteiger charge is -2.13. The summed E-state index contributed by atoms with van der Waals surface area (Å²) in [5, 5.41) is 4.46. The number of aromatic nitrogens is 2. The fourth-order valence-electron chi connectivity index (χ4n) is 2.92. The number of hydrogen-bond donors (Lipinski definition) is 1. The van der Waals surface area contributed by atoms with Gasteiger partial charge in [0.2, 0.25) is 5.95 Å². The van der Waals surface area contributed by atoms with E-state index in [0.717, 1.165) is 16.7 Å². The Hall–Kier alpha value is -1.16. The highest BCUT2D eigenvalue weighted by molar-refractivity contribution is 7.99. The van der Waals surface area contributed by atoms with Crippen LogP contribution in [0.15, 0.2) is 24.3 Å². The Morgan fingerprint density at radius 1 is 1.37 bits per heavy atom. The molecule has 1 saturated carbocycles. The fourth-order valence-corrected chi connectivity index (χ4v) is 4.06. The van der Waals surface area contributed by atoms with E-state index in [1.54, 1.807) is 0 Å². The normalized spacial score (nSPS) is 23.1. The largest absolute Gasteiger partial charge is 0.353 e. The number of rotatable bonds is 4. The zero-order chi connectivity index (χ0) is 13.2. The first kappa shape index (κ1) is 12.9. The molecule has 0 amide bonds. The van der Waals surface area contributed by atoms with Crippen molar-refractivity contribution in [3.8, 4) is 0 Å². The highest BCUT2D eigenvalue weighted by Crippen LogP contribution is 2.31. The van der Waals surface area contributed by atoms with Crippen molar-refractivity contribution in [2.75, 3.05) is 11.1 Å². The third kappa shape index (κ3) is 2.59. The van der Waals surface area contributed by atoms with Gasteiger partial charge in [0.25, 0.3) is 0 Å². The minimum absolute atomic E-state index is 0.583. The van der Waals surface area contributed by atoms with Gasteiger partial charge in [0.05, 0.1) is 11.0 Å². The first-order chi connectivity index (χ1) is 9.28. The third-order valence-electron chi connectivity index (χ3n) is 3.91. The van der Waals surface area contributed by atoms with Crippen molar-refractivity contribution >= 4 is 28.7 Å². The van der Waals surface area contributed by atoms with E-state index in [4.69, 9.17) is 4.98 Å². The van der Waals surface area contributed by atoms with E-state index in [-0.39, 0.29) is 0 Å². The van der Waals surface area contributed by atoms with Gasteiger partial charge >= 0.3 is 0 Å². The Labute approximate surface area is 118 Å². The van der Waals surface area contributed by atoms with Gasteiger partial charge in [-0.2, -0.15) is 11.8 Å². The highest BCUT2D eigenvalue weighted by Gasteiger charge is 2.25. The number of thioether (sulfide) groups is 1. The molecule has 102 valence electrons. The van der Waals surface area contributed by atoms with Crippen molar-refractivity contribution in [3.05, 3.63) is 24.3 Å². The molecule has 1 aromatic heterocycles. The summed E-state index contributed by atoms with van der Waals surface area (Å²) < 4.78 is 2.16. The standard InChI is InChI=1S/C15H21N3S/c1-3-19-12-9-8-11(10-12)16-15-17-13-6-4-5-7-14(13)18(15)2/h4-7,11-12H,3,8-10H2,1-2H3,(H,16,17). The van der Waals surface area contributed by atoms with E-state index >= 15 is 0 Å². The van der Waals surface area contributed by atoms with Gasteiger partial charge in [0.15, 0.2) is 0 Å². The molecule has 4 heteroatoms. The number of fused-ring (bicyclic) bond motifs is 1.